The first-order valence-corrected chi connectivity index (χ1v) is 14.3. The van der Waals surface area contributed by atoms with Gasteiger partial charge in [-0.3, -0.25) is 19.8 Å². The second-order valence-corrected chi connectivity index (χ2v) is 12.2. The van der Waals surface area contributed by atoms with Crippen LogP contribution in [0.25, 0.3) is 0 Å². The van der Waals surface area contributed by atoms with E-state index in [-0.39, 0.29) is 37.1 Å². The van der Waals surface area contributed by atoms with Gasteiger partial charge in [-0.05, 0) is 52.4 Å². The van der Waals surface area contributed by atoms with Gasteiger partial charge in [0.25, 0.3) is 5.91 Å². The van der Waals surface area contributed by atoms with E-state index >= 15 is 0 Å². The highest BCUT2D eigenvalue weighted by Crippen LogP contribution is 2.28. The van der Waals surface area contributed by atoms with Gasteiger partial charge in [0, 0.05) is 62.9 Å². The van der Waals surface area contributed by atoms with E-state index in [4.69, 9.17) is 12.5 Å². The maximum absolute atomic E-state index is 15.0. The molecule has 1 aliphatic heterocycles. The quantitative estimate of drug-likeness (QED) is 0.146. The summed E-state index contributed by atoms with van der Waals surface area (Å²) in [5.41, 5.74) is -0.330. The van der Waals surface area contributed by atoms with Crippen molar-refractivity contribution < 1.29 is 28.6 Å². The number of amides is 1. The summed E-state index contributed by atoms with van der Waals surface area (Å²) in [5, 5.41) is 22.1. The third-order valence-corrected chi connectivity index (χ3v) is 7.48. The number of nitrogens with zero attached hydrogens (tertiary/aromatic N) is 2. The molecule has 10 nitrogen and oxygen atoms in total. The van der Waals surface area contributed by atoms with Crippen LogP contribution in [-0.2, 0) is 27.4 Å². The van der Waals surface area contributed by atoms with Crippen molar-refractivity contribution in [3.05, 3.63) is 58.9 Å². The fourth-order valence-corrected chi connectivity index (χ4v) is 5.63. The van der Waals surface area contributed by atoms with Crippen molar-refractivity contribution in [3.63, 3.8) is 0 Å². The second kappa shape index (κ2) is 14.1. The maximum atomic E-state index is 15.0. The van der Waals surface area contributed by atoms with E-state index in [0.29, 0.717) is 53.5 Å². The molecule has 3 rings (SSSR count). The largest absolute Gasteiger partial charge is 0.381 e. The number of rotatable bonds is 14. The molecule has 2 radical (unpaired) electrons. The van der Waals surface area contributed by atoms with Crippen molar-refractivity contribution in [2.45, 2.75) is 70.6 Å². The molecule has 0 bridgehead atoms. The summed E-state index contributed by atoms with van der Waals surface area (Å²) < 4.78 is 21.1. The van der Waals surface area contributed by atoms with Crippen molar-refractivity contribution in [2.24, 2.45) is 0 Å². The van der Waals surface area contributed by atoms with Gasteiger partial charge in [-0.1, -0.05) is 29.7 Å². The Hall–Kier alpha value is -3.09. The number of carbonyl (C=O) groups is 3. The standard InChI is InChI=1S/C30H42B2FN5O5/c1-28(2)19-38(20-29(3,4)43-28)36-32(31)23-11-12-25(33)22(15-23)16-35-26-10-7-9-21(18-40)24(26)17-37(6)30(42,13-8-14-39)27(41)34-5/h7,9-12,14-15,18,35-36,42H,8,13,16-17,19-20H2,1-6H3,(H,34,41). The minimum atomic E-state index is -1.99. The predicted molar refractivity (Wildman–Crippen MR) is 166 cm³/mol. The van der Waals surface area contributed by atoms with Gasteiger partial charge in [0.2, 0.25) is 6.74 Å². The third kappa shape index (κ3) is 8.73. The highest BCUT2D eigenvalue weighted by atomic mass is 19.1. The highest BCUT2D eigenvalue weighted by molar-refractivity contribution is 7.09. The van der Waals surface area contributed by atoms with Crippen LogP contribution in [0.5, 0.6) is 0 Å². The minimum absolute atomic E-state index is 0.0103. The number of likely N-dealkylation sites (N-methyl/N-ethyl adjacent to an activating group) is 2. The number of aldehydes is 2. The van der Waals surface area contributed by atoms with E-state index < -0.39 is 24.2 Å². The molecule has 1 amide bonds. The molecule has 13 heteroatoms. The molecule has 0 spiro atoms. The van der Waals surface area contributed by atoms with E-state index in [1.807, 2.05) is 32.7 Å². The molecular weight excluding hydrogens is 551 g/mol. The second-order valence-electron chi connectivity index (χ2n) is 12.2. The van der Waals surface area contributed by atoms with Crippen LogP contribution >= 0.6 is 0 Å². The summed E-state index contributed by atoms with van der Waals surface area (Å²) in [4.78, 5) is 36.9. The molecular formula is C30H42B2FN5O5. The van der Waals surface area contributed by atoms with E-state index in [1.165, 1.54) is 25.1 Å². The summed E-state index contributed by atoms with van der Waals surface area (Å²) in [5.74, 6) is -1.10. The zero-order valence-corrected chi connectivity index (χ0v) is 25.9. The molecule has 1 saturated heterocycles. The highest BCUT2D eigenvalue weighted by Gasteiger charge is 2.40. The Balaban J connectivity index is 1.80. The van der Waals surface area contributed by atoms with Gasteiger partial charge in [0.05, 0.1) is 18.9 Å². The first kappa shape index (κ1) is 34.4. The van der Waals surface area contributed by atoms with E-state index in [1.54, 1.807) is 30.3 Å². The summed E-state index contributed by atoms with van der Waals surface area (Å²) in [6, 6.07) is 9.73. The van der Waals surface area contributed by atoms with Crippen molar-refractivity contribution in [1.29, 1.82) is 0 Å². The first-order valence-electron chi connectivity index (χ1n) is 14.3. The Morgan fingerprint density at radius 1 is 1.21 bits per heavy atom. The molecule has 43 heavy (non-hydrogen) atoms. The molecule has 4 N–H and O–H groups in total. The molecule has 1 unspecified atom stereocenters. The Morgan fingerprint density at radius 2 is 1.88 bits per heavy atom. The lowest BCUT2D eigenvalue weighted by Crippen LogP contribution is -2.65. The van der Waals surface area contributed by atoms with Crippen LogP contribution < -0.4 is 21.4 Å². The number of hydrazine groups is 1. The molecule has 1 fully saturated rings. The fraction of sp³-hybridized carbons (Fsp3) is 0.500. The number of anilines is 1. The van der Waals surface area contributed by atoms with Crippen molar-refractivity contribution in [1.82, 2.24) is 20.6 Å². The molecule has 1 heterocycles. The van der Waals surface area contributed by atoms with Gasteiger partial charge in [0.1, 0.15) is 18.4 Å². The SMILES string of the molecule is [B]B(NN1CC(C)(C)OC(C)(C)C1)c1ccc(F)c(CNc2cccc(C=O)c2CN(C)C(O)(CCC=O)C(=O)NC)c1. The van der Waals surface area contributed by atoms with Gasteiger partial charge in [-0.2, -0.15) is 0 Å². The Morgan fingerprint density at radius 3 is 2.49 bits per heavy atom. The summed E-state index contributed by atoms with van der Waals surface area (Å²) in [7, 11) is 9.42. The minimum Gasteiger partial charge on any atom is -0.381 e. The molecule has 2 aromatic rings. The number of benzene rings is 2. The monoisotopic (exact) mass is 593 g/mol. The summed E-state index contributed by atoms with van der Waals surface area (Å²) >= 11 is 0. The van der Waals surface area contributed by atoms with Crippen LogP contribution in [0, 0.1) is 5.82 Å². The molecule has 1 aliphatic rings. The van der Waals surface area contributed by atoms with Crippen molar-refractivity contribution in [2.75, 3.05) is 32.5 Å². The number of ether oxygens (including phenoxy) is 1. The lowest BCUT2D eigenvalue weighted by Gasteiger charge is -2.48. The van der Waals surface area contributed by atoms with E-state index in [2.05, 4.69) is 16.0 Å². The molecule has 2 aromatic carbocycles. The zero-order chi connectivity index (χ0) is 32.0. The normalized spacial score (nSPS) is 17.6. The number of nitrogens with one attached hydrogen (secondary N) is 3. The lowest BCUT2D eigenvalue weighted by molar-refractivity contribution is -0.185. The topological polar surface area (TPSA) is 123 Å². The van der Waals surface area contributed by atoms with Crippen molar-refractivity contribution >= 4 is 44.1 Å². The number of hydrogen-bond donors (Lipinski definition) is 4. The Labute approximate surface area is 255 Å². The number of hydrogen-bond acceptors (Lipinski definition) is 9. The van der Waals surface area contributed by atoms with Gasteiger partial charge >= 0.3 is 0 Å². The molecule has 0 aromatic heterocycles. The average Bonchev–Trinajstić information content (AvgIpc) is 2.93. The van der Waals surface area contributed by atoms with Crippen LogP contribution in [0.2, 0.25) is 0 Å². The maximum Gasteiger partial charge on any atom is 0.267 e. The fourth-order valence-electron chi connectivity index (χ4n) is 5.63. The van der Waals surface area contributed by atoms with Crippen LogP contribution in [0.1, 0.15) is 62.0 Å². The summed E-state index contributed by atoms with van der Waals surface area (Å²) in [6.45, 7) is 8.79. The van der Waals surface area contributed by atoms with Gasteiger partial charge in [-0.25, -0.2) is 9.40 Å². The Kier molecular flexibility index (Phi) is 11.3. The molecule has 230 valence electrons. The molecule has 1 atom stereocenters. The molecule has 0 saturated carbocycles. The van der Waals surface area contributed by atoms with Crippen molar-refractivity contribution in [3.8, 4) is 0 Å². The lowest BCUT2D eigenvalue weighted by atomic mass is 9.39. The third-order valence-electron chi connectivity index (χ3n) is 7.48. The Bertz CT molecular complexity index is 1300. The van der Waals surface area contributed by atoms with Gasteiger partial charge in [0.15, 0.2) is 5.72 Å². The van der Waals surface area contributed by atoms with Gasteiger partial charge < -0.3 is 25.3 Å². The van der Waals surface area contributed by atoms with Crippen LogP contribution in [0.4, 0.5) is 10.1 Å². The zero-order valence-electron chi connectivity index (χ0n) is 25.9. The van der Waals surface area contributed by atoms with E-state index in [9.17, 15) is 23.9 Å². The number of carbonyl (C=O) groups excluding carboxylic acids is 3. The van der Waals surface area contributed by atoms with Crippen LogP contribution in [-0.4, -0.2) is 92.1 Å². The predicted octanol–water partition coefficient (Wildman–Crippen LogP) is 1.35. The smallest absolute Gasteiger partial charge is 0.267 e. The van der Waals surface area contributed by atoms with Crippen LogP contribution in [0.15, 0.2) is 36.4 Å². The average molecular weight is 593 g/mol. The van der Waals surface area contributed by atoms with Gasteiger partial charge in [-0.15, -0.1) is 0 Å². The van der Waals surface area contributed by atoms with E-state index in [0.717, 1.165) is 0 Å². The van der Waals surface area contributed by atoms with Crippen LogP contribution in [0.3, 0.4) is 0 Å². The first-order chi connectivity index (χ1) is 20.1. The number of aliphatic hydroxyl groups is 1. The number of halogens is 1. The number of morpholine rings is 1. The molecule has 0 aliphatic carbocycles. The summed E-state index contributed by atoms with van der Waals surface area (Å²) in [6.07, 6.45) is 1.13.